The van der Waals surface area contributed by atoms with E-state index in [1.54, 1.807) is 0 Å². The Morgan fingerprint density at radius 1 is 1.20 bits per heavy atom. The van der Waals surface area contributed by atoms with Crippen LogP contribution in [0.2, 0.25) is 0 Å². The summed E-state index contributed by atoms with van der Waals surface area (Å²) in [5.41, 5.74) is 0.482. The number of carbonyl (C=O) groups is 1. The molecule has 0 aromatic heterocycles. The lowest BCUT2D eigenvalue weighted by Crippen LogP contribution is -2.13. The zero-order valence-corrected chi connectivity index (χ0v) is 14.2. The molecule has 0 radical (unpaired) electrons. The van der Waals surface area contributed by atoms with Crippen LogP contribution in [0.25, 0.3) is 0 Å². The molecule has 0 fully saturated rings. The Labute approximate surface area is 143 Å². The maximum Gasteiger partial charge on any atom is 0.270 e. The van der Waals surface area contributed by atoms with Crippen molar-refractivity contribution in [2.75, 3.05) is 23.4 Å². The van der Waals surface area contributed by atoms with Crippen LogP contribution >= 0.6 is 0 Å². The lowest BCUT2D eigenvalue weighted by Gasteiger charge is -2.12. The molecule has 1 amide bonds. The number of amides is 1. The summed E-state index contributed by atoms with van der Waals surface area (Å²) in [7, 11) is -2.13. The van der Waals surface area contributed by atoms with E-state index in [1.165, 1.54) is 43.5 Å². The van der Waals surface area contributed by atoms with E-state index in [4.69, 9.17) is 4.74 Å². The SMILES string of the molecule is COc1cc(NC(=O)c2cccc([N+](=O)[O-])c2)ccc1NS(C)(=O)=O. The Morgan fingerprint density at radius 3 is 2.52 bits per heavy atom. The molecule has 132 valence electrons. The highest BCUT2D eigenvalue weighted by atomic mass is 32.2. The van der Waals surface area contributed by atoms with Crippen molar-refractivity contribution in [3.05, 3.63) is 58.1 Å². The fourth-order valence-corrected chi connectivity index (χ4v) is 2.59. The third-order valence-electron chi connectivity index (χ3n) is 3.07. The number of hydrogen-bond acceptors (Lipinski definition) is 6. The van der Waals surface area contributed by atoms with Crippen molar-refractivity contribution in [1.29, 1.82) is 0 Å². The largest absolute Gasteiger partial charge is 0.494 e. The summed E-state index contributed by atoms with van der Waals surface area (Å²) >= 11 is 0. The minimum absolute atomic E-state index is 0.117. The molecule has 0 aliphatic rings. The van der Waals surface area contributed by atoms with Gasteiger partial charge in [0.2, 0.25) is 10.0 Å². The monoisotopic (exact) mass is 365 g/mol. The lowest BCUT2D eigenvalue weighted by atomic mass is 10.2. The second-order valence-corrected chi connectivity index (χ2v) is 6.80. The van der Waals surface area contributed by atoms with Crippen molar-refractivity contribution >= 4 is 33.0 Å². The van der Waals surface area contributed by atoms with Gasteiger partial charge in [-0.2, -0.15) is 0 Å². The van der Waals surface area contributed by atoms with Crippen LogP contribution in [0.3, 0.4) is 0 Å². The van der Waals surface area contributed by atoms with E-state index < -0.39 is 20.9 Å². The first kappa shape index (κ1) is 18.2. The standard InChI is InChI=1S/C15H15N3O6S/c1-24-14-9-11(6-7-13(14)17-25(2,22)23)16-15(19)10-4-3-5-12(8-10)18(20)21/h3-9,17H,1-2H3,(H,16,19). The molecule has 0 aliphatic carbocycles. The lowest BCUT2D eigenvalue weighted by molar-refractivity contribution is -0.384. The Morgan fingerprint density at radius 2 is 1.92 bits per heavy atom. The number of non-ortho nitro benzene ring substituents is 1. The molecule has 2 N–H and O–H groups in total. The topological polar surface area (TPSA) is 128 Å². The molecule has 2 aromatic carbocycles. The number of nitro benzene ring substituents is 1. The maximum atomic E-state index is 12.2. The first-order valence-electron chi connectivity index (χ1n) is 6.91. The number of sulfonamides is 1. The number of rotatable bonds is 6. The summed E-state index contributed by atoms with van der Waals surface area (Å²) in [6.07, 6.45) is 1.00. The summed E-state index contributed by atoms with van der Waals surface area (Å²) in [4.78, 5) is 22.4. The van der Waals surface area contributed by atoms with Gasteiger partial charge in [0.05, 0.1) is 24.0 Å². The molecule has 2 rings (SSSR count). The van der Waals surface area contributed by atoms with Crippen LogP contribution in [0.15, 0.2) is 42.5 Å². The molecule has 0 saturated carbocycles. The predicted octanol–water partition coefficient (Wildman–Crippen LogP) is 2.23. The fourth-order valence-electron chi connectivity index (χ4n) is 2.02. The van der Waals surface area contributed by atoms with E-state index in [-0.39, 0.29) is 22.7 Å². The molecule has 0 heterocycles. The Hall–Kier alpha value is -3.14. The average molecular weight is 365 g/mol. The first-order valence-corrected chi connectivity index (χ1v) is 8.80. The maximum absolute atomic E-state index is 12.2. The summed E-state index contributed by atoms with van der Waals surface area (Å²) < 4.78 is 30.0. The molecule has 0 bridgehead atoms. The van der Waals surface area contributed by atoms with Crippen LogP contribution in [-0.2, 0) is 10.0 Å². The molecule has 25 heavy (non-hydrogen) atoms. The first-order chi connectivity index (χ1) is 11.7. The number of nitrogens with one attached hydrogen (secondary N) is 2. The Balaban J connectivity index is 2.24. The summed E-state index contributed by atoms with van der Waals surface area (Å²) in [6, 6.07) is 9.64. The van der Waals surface area contributed by atoms with Gasteiger partial charge in [0.25, 0.3) is 11.6 Å². The number of benzene rings is 2. The van der Waals surface area contributed by atoms with Gasteiger partial charge in [-0.1, -0.05) is 6.07 Å². The van der Waals surface area contributed by atoms with Gasteiger partial charge in [-0.3, -0.25) is 19.6 Å². The van der Waals surface area contributed by atoms with E-state index in [0.29, 0.717) is 5.69 Å². The van der Waals surface area contributed by atoms with Crippen LogP contribution in [0.5, 0.6) is 5.75 Å². The van der Waals surface area contributed by atoms with Gasteiger partial charge in [-0.15, -0.1) is 0 Å². The number of carbonyl (C=O) groups excluding carboxylic acids is 1. The minimum atomic E-state index is -3.48. The second-order valence-electron chi connectivity index (χ2n) is 5.05. The van der Waals surface area contributed by atoms with Gasteiger partial charge >= 0.3 is 0 Å². The highest BCUT2D eigenvalue weighted by Gasteiger charge is 2.14. The molecular formula is C15H15N3O6S. The average Bonchev–Trinajstić information content (AvgIpc) is 2.55. The van der Waals surface area contributed by atoms with Crippen molar-refractivity contribution in [2.24, 2.45) is 0 Å². The van der Waals surface area contributed by atoms with Crippen molar-refractivity contribution < 1.29 is 22.9 Å². The van der Waals surface area contributed by atoms with Crippen molar-refractivity contribution in [1.82, 2.24) is 0 Å². The van der Waals surface area contributed by atoms with Gasteiger partial charge in [0.15, 0.2) is 0 Å². The van der Waals surface area contributed by atoms with Gasteiger partial charge in [-0.05, 0) is 18.2 Å². The summed E-state index contributed by atoms with van der Waals surface area (Å²) in [5, 5.41) is 13.3. The molecule has 10 heteroatoms. The molecule has 0 spiro atoms. The van der Waals surface area contributed by atoms with E-state index in [1.807, 2.05) is 0 Å². The molecule has 0 unspecified atom stereocenters. The van der Waals surface area contributed by atoms with E-state index >= 15 is 0 Å². The number of nitro groups is 1. The normalized spacial score (nSPS) is 10.8. The van der Waals surface area contributed by atoms with Crippen molar-refractivity contribution in [3.63, 3.8) is 0 Å². The third kappa shape index (κ3) is 4.91. The molecule has 9 nitrogen and oxygen atoms in total. The molecule has 2 aromatic rings. The van der Waals surface area contributed by atoms with Gasteiger partial charge < -0.3 is 10.1 Å². The predicted molar refractivity (Wildman–Crippen MR) is 92.5 cm³/mol. The summed E-state index contributed by atoms with van der Waals surface area (Å²) in [6.45, 7) is 0. The quantitative estimate of drug-likeness (QED) is 0.597. The highest BCUT2D eigenvalue weighted by Crippen LogP contribution is 2.29. The van der Waals surface area contributed by atoms with E-state index in [0.717, 1.165) is 12.3 Å². The van der Waals surface area contributed by atoms with Gasteiger partial charge in [0, 0.05) is 29.4 Å². The van der Waals surface area contributed by atoms with Crippen LogP contribution in [0, 0.1) is 10.1 Å². The summed E-state index contributed by atoms with van der Waals surface area (Å²) in [5.74, 6) is -0.336. The van der Waals surface area contributed by atoms with Gasteiger partial charge in [0.1, 0.15) is 5.75 Å². The minimum Gasteiger partial charge on any atom is -0.494 e. The third-order valence-corrected chi connectivity index (χ3v) is 3.66. The highest BCUT2D eigenvalue weighted by molar-refractivity contribution is 7.92. The number of hydrogen-bond donors (Lipinski definition) is 2. The van der Waals surface area contributed by atoms with Crippen molar-refractivity contribution in [3.8, 4) is 5.75 Å². The van der Waals surface area contributed by atoms with Crippen LogP contribution in [-0.4, -0.2) is 32.6 Å². The molecule has 0 atom stereocenters. The Kier molecular flexibility index (Phi) is 5.22. The second kappa shape index (κ2) is 7.18. The van der Waals surface area contributed by atoms with Crippen LogP contribution < -0.4 is 14.8 Å². The zero-order valence-electron chi connectivity index (χ0n) is 13.3. The molecular weight excluding hydrogens is 350 g/mol. The fraction of sp³-hybridized carbons (Fsp3) is 0.133. The van der Waals surface area contributed by atoms with Crippen molar-refractivity contribution in [2.45, 2.75) is 0 Å². The smallest absolute Gasteiger partial charge is 0.270 e. The van der Waals surface area contributed by atoms with E-state index in [2.05, 4.69) is 10.0 Å². The zero-order chi connectivity index (χ0) is 18.6. The molecule has 0 saturated heterocycles. The number of methoxy groups -OCH3 is 1. The molecule has 0 aliphatic heterocycles. The number of anilines is 2. The van der Waals surface area contributed by atoms with Crippen LogP contribution in [0.1, 0.15) is 10.4 Å². The Bertz CT molecular complexity index is 927. The van der Waals surface area contributed by atoms with Crippen LogP contribution in [0.4, 0.5) is 17.1 Å². The van der Waals surface area contributed by atoms with E-state index in [9.17, 15) is 23.3 Å². The van der Waals surface area contributed by atoms with Gasteiger partial charge in [-0.25, -0.2) is 8.42 Å². The number of ether oxygens (including phenoxy) is 1. The number of nitrogens with zero attached hydrogens (tertiary/aromatic N) is 1.